The lowest BCUT2D eigenvalue weighted by atomic mass is 10.1. The fourth-order valence-electron chi connectivity index (χ4n) is 5.44. The second kappa shape index (κ2) is 14.7. The number of carbonyl (C=O) groups excluding carboxylic acids is 1. The number of nitrogens with one attached hydrogen (secondary N) is 2. The summed E-state index contributed by atoms with van der Waals surface area (Å²) in [4.78, 5) is 31.1. The minimum absolute atomic E-state index is 0.0548. The van der Waals surface area contributed by atoms with E-state index in [1.807, 2.05) is 65.5 Å². The first kappa shape index (κ1) is 31.4. The molecule has 0 radical (unpaired) electrons. The number of likely N-dealkylation sites (N-methyl/N-ethyl adjacent to an activating group) is 1. The second-order valence-electron chi connectivity index (χ2n) is 11.3. The van der Waals surface area contributed by atoms with Crippen LogP contribution in [0.25, 0.3) is 16.6 Å². The molecule has 6 rings (SSSR count). The fraction of sp³-hybridized carbons (Fsp3) is 0.294. The lowest BCUT2D eigenvalue weighted by molar-refractivity contribution is 0.0940. The molecule has 0 spiro atoms. The van der Waals surface area contributed by atoms with Gasteiger partial charge in [-0.2, -0.15) is 0 Å². The molecule has 1 fully saturated rings. The Morgan fingerprint density at radius 3 is 2.67 bits per heavy atom. The van der Waals surface area contributed by atoms with Crippen molar-refractivity contribution in [2.24, 2.45) is 0 Å². The number of piperazine rings is 1. The number of ether oxygens (including phenoxy) is 1. The minimum Gasteiger partial charge on any atom is -0.486 e. The number of aromatic nitrogens is 4. The van der Waals surface area contributed by atoms with Crippen LogP contribution < -0.4 is 15.4 Å². The standard InChI is InChI=1S/C34H37ClN8O3/c1-41-13-15-42(16-14-41)12-11-37-34(45)29-21-43(20-24(29)9-17-44)27-6-7-31-28(19-27)33(39-23-38-31)40-25-5-8-32(30(35)18-25)46-22-26-4-2-3-10-36-26/h2-8,10,18-21,23,44H,9,11-17,22H2,1H3,(H,37,45)(H,38,39,40). The molecule has 2 aromatic carbocycles. The van der Waals surface area contributed by atoms with Gasteiger partial charge in [0.1, 0.15) is 24.5 Å². The van der Waals surface area contributed by atoms with Crippen molar-refractivity contribution in [3.05, 3.63) is 101 Å². The number of hydrogen-bond donors (Lipinski definition) is 3. The molecule has 3 N–H and O–H groups in total. The van der Waals surface area contributed by atoms with Crippen molar-refractivity contribution in [1.82, 2.24) is 34.6 Å². The zero-order valence-corrected chi connectivity index (χ0v) is 26.5. The van der Waals surface area contributed by atoms with E-state index in [2.05, 4.69) is 42.4 Å². The van der Waals surface area contributed by atoms with E-state index in [0.29, 0.717) is 41.7 Å². The van der Waals surface area contributed by atoms with Crippen LogP contribution in [0.1, 0.15) is 21.6 Å². The van der Waals surface area contributed by atoms with E-state index in [1.54, 1.807) is 12.3 Å². The third-order valence-corrected chi connectivity index (χ3v) is 8.35. The Morgan fingerprint density at radius 1 is 1.02 bits per heavy atom. The Morgan fingerprint density at radius 2 is 1.89 bits per heavy atom. The molecule has 1 aliphatic heterocycles. The van der Waals surface area contributed by atoms with Crippen molar-refractivity contribution in [2.45, 2.75) is 13.0 Å². The molecule has 3 aromatic heterocycles. The van der Waals surface area contributed by atoms with Crippen LogP contribution in [0.3, 0.4) is 0 Å². The first-order valence-corrected chi connectivity index (χ1v) is 15.7. The molecule has 4 heterocycles. The van der Waals surface area contributed by atoms with E-state index >= 15 is 0 Å². The van der Waals surface area contributed by atoms with Gasteiger partial charge < -0.3 is 29.9 Å². The first-order chi connectivity index (χ1) is 22.5. The van der Waals surface area contributed by atoms with E-state index in [0.717, 1.165) is 66.3 Å². The number of pyridine rings is 1. The largest absolute Gasteiger partial charge is 0.486 e. The van der Waals surface area contributed by atoms with Crippen LogP contribution in [-0.2, 0) is 13.0 Å². The van der Waals surface area contributed by atoms with Crippen LogP contribution in [-0.4, -0.2) is 93.3 Å². The van der Waals surface area contributed by atoms with E-state index in [4.69, 9.17) is 16.3 Å². The smallest absolute Gasteiger partial charge is 0.253 e. The third kappa shape index (κ3) is 7.63. The van der Waals surface area contributed by atoms with Gasteiger partial charge in [0.2, 0.25) is 0 Å². The van der Waals surface area contributed by atoms with Crippen LogP contribution in [0.4, 0.5) is 11.5 Å². The average molecular weight is 641 g/mol. The maximum atomic E-state index is 13.2. The van der Waals surface area contributed by atoms with Crippen molar-refractivity contribution in [2.75, 3.05) is 58.2 Å². The number of amides is 1. The predicted molar refractivity (Wildman–Crippen MR) is 179 cm³/mol. The summed E-state index contributed by atoms with van der Waals surface area (Å²) in [6, 6.07) is 17.0. The number of fused-ring (bicyclic) bond motifs is 1. The zero-order valence-electron chi connectivity index (χ0n) is 25.7. The molecule has 1 aliphatic rings. The van der Waals surface area contributed by atoms with E-state index in [-0.39, 0.29) is 12.5 Å². The molecule has 1 saturated heterocycles. The Labute approximate surface area is 272 Å². The summed E-state index contributed by atoms with van der Waals surface area (Å²) in [6.07, 6.45) is 7.32. The molecule has 1 amide bonds. The minimum atomic E-state index is -0.146. The summed E-state index contributed by atoms with van der Waals surface area (Å²) < 4.78 is 7.77. The molecule has 12 heteroatoms. The summed E-state index contributed by atoms with van der Waals surface area (Å²) in [5, 5.41) is 17.4. The van der Waals surface area contributed by atoms with Gasteiger partial charge in [-0.05, 0) is 67.6 Å². The summed E-state index contributed by atoms with van der Waals surface area (Å²) in [7, 11) is 2.13. The lowest BCUT2D eigenvalue weighted by Crippen LogP contribution is -2.46. The number of rotatable bonds is 12. The molecule has 46 heavy (non-hydrogen) atoms. The number of anilines is 2. The average Bonchev–Trinajstić information content (AvgIpc) is 3.50. The zero-order chi connectivity index (χ0) is 31.9. The number of benzene rings is 2. The van der Waals surface area contributed by atoms with Crippen molar-refractivity contribution < 1.29 is 14.6 Å². The van der Waals surface area contributed by atoms with Crippen LogP contribution in [0.15, 0.2) is 79.5 Å². The summed E-state index contributed by atoms with van der Waals surface area (Å²) in [5.74, 6) is 1.01. The fourth-order valence-corrected chi connectivity index (χ4v) is 5.67. The second-order valence-corrected chi connectivity index (χ2v) is 11.7. The summed E-state index contributed by atoms with van der Waals surface area (Å²) >= 11 is 6.55. The summed E-state index contributed by atoms with van der Waals surface area (Å²) in [5.41, 5.74) is 4.47. The molecule has 0 bridgehead atoms. The predicted octanol–water partition coefficient (Wildman–Crippen LogP) is 4.30. The van der Waals surface area contributed by atoms with Gasteiger partial charge in [0, 0.05) is 81.2 Å². The van der Waals surface area contributed by atoms with Crippen molar-refractivity contribution in [1.29, 1.82) is 0 Å². The molecule has 0 atom stereocenters. The molecule has 0 aliphatic carbocycles. The maximum Gasteiger partial charge on any atom is 0.253 e. The number of carbonyl (C=O) groups is 1. The molecular weight excluding hydrogens is 604 g/mol. The highest BCUT2D eigenvalue weighted by Gasteiger charge is 2.18. The van der Waals surface area contributed by atoms with E-state index < -0.39 is 0 Å². The van der Waals surface area contributed by atoms with Crippen LogP contribution in [0.5, 0.6) is 5.75 Å². The monoisotopic (exact) mass is 640 g/mol. The van der Waals surface area contributed by atoms with Gasteiger partial charge in [-0.3, -0.25) is 14.7 Å². The molecular formula is C34H37ClN8O3. The number of halogens is 1. The van der Waals surface area contributed by atoms with Gasteiger partial charge >= 0.3 is 0 Å². The highest BCUT2D eigenvalue weighted by Crippen LogP contribution is 2.31. The van der Waals surface area contributed by atoms with Crippen molar-refractivity contribution in [3.8, 4) is 11.4 Å². The highest BCUT2D eigenvalue weighted by molar-refractivity contribution is 6.32. The molecule has 0 saturated carbocycles. The molecule has 0 unspecified atom stereocenters. The lowest BCUT2D eigenvalue weighted by Gasteiger charge is -2.32. The number of nitrogens with zero attached hydrogens (tertiary/aromatic N) is 6. The van der Waals surface area contributed by atoms with Gasteiger partial charge in [0.25, 0.3) is 5.91 Å². The van der Waals surface area contributed by atoms with E-state index in [1.165, 1.54) is 6.33 Å². The van der Waals surface area contributed by atoms with Gasteiger partial charge in [0.15, 0.2) is 0 Å². The highest BCUT2D eigenvalue weighted by atomic mass is 35.5. The van der Waals surface area contributed by atoms with E-state index in [9.17, 15) is 9.90 Å². The topological polar surface area (TPSA) is 121 Å². The van der Waals surface area contributed by atoms with Crippen LogP contribution in [0.2, 0.25) is 5.02 Å². The maximum absolute atomic E-state index is 13.2. The quantitative estimate of drug-likeness (QED) is 0.183. The number of hydrogen-bond acceptors (Lipinski definition) is 9. The number of aliphatic hydroxyl groups is 1. The van der Waals surface area contributed by atoms with Crippen LogP contribution >= 0.6 is 11.6 Å². The summed E-state index contributed by atoms with van der Waals surface area (Å²) in [6.45, 7) is 5.70. The Kier molecular flexibility index (Phi) is 10.0. The number of aliphatic hydroxyl groups excluding tert-OH is 1. The normalized spacial score (nSPS) is 14.0. The van der Waals surface area contributed by atoms with Crippen molar-refractivity contribution >= 4 is 39.9 Å². The van der Waals surface area contributed by atoms with Crippen molar-refractivity contribution in [3.63, 3.8) is 0 Å². The van der Waals surface area contributed by atoms with Crippen LogP contribution in [0, 0.1) is 0 Å². The Bertz CT molecular complexity index is 1790. The van der Waals surface area contributed by atoms with Gasteiger partial charge in [-0.15, -0.1) is 0 Å². The first-order valence-electron chi connectivity index (χ1n) is 15.3. The van der Waals surface area contributed by atoms with Gasteiger partial charge in [-0.25, -0.2) is 9.97 Å². The molecule has 11 nitrogen and oxygen atoms in total. The SMILES string of the molecule is CN1CCN(CCNC(=O)c2cn(-c3ccc4ncnc(Nc5ccc(OCc6ccccn6)c(Cl)c5)c4c3)cc2CCO)CC1. The molecule has 5 aromatic rings. The van der Waals surface area contributed by atoms with Gasteiger partial charge in [-0.1, -0.05) is 17.7 Å². The van der Waals surface area contributed by atoms with Gasteiger partial charge in [0.05, 0.1) is 21.8 Å². The Balaban J connectivity index is 1.17. The Hall–Kier alpha value is -4.55. The third-order valence-electron chi connectivity index (χ3n) is 8.06. The molecule has 238 valence electrons.